The Morgan fingerprint density at radius 1 is 0.784 bits per heavy atom. The van der Waals surface area contributed by atoms with Crippen LogP contribution >= 0.6 is 0 Å². The summed E-state index contributed by atoms with van der Waals surface area (Å²) in [6.07, 6.45) is 8.89. The summed E-state index contributed by atoms with van der Waals surface area (Å²) in [5.74, 6) is 2.64. The van der Waals surface area contributed by atoms with E-state index in [0.29, 0.717) is 17.4 Å². The van der Waals surface area contributed by atoms with E-state index in [0.717, 1.165) is 68.8 Å². The monoisotopic (exact) mass is 853 g/mol. The van der Waals surface area contributed by atoms with Crippen LogP contribution in [0.3, 0.4) is 0 Å². The van der Waals surface area contributed by atoms with Crippen LogP contribution in [0.15, 0.2) is 91.1 Å². The largest absolute Gasteiger partial charge is 2.00 e. The Morgan fingerprint density at radius 2 is 1.61 bits per heavy atom. The van der Waals surface area contributed by atoms with Crippen LogP contribution in [0.4, 0.5) is 0 Å². The molecular formula is C45H46N4OPt. The molecule has 0 aliphatic rings. The van der Waals surface area contributed by atoms with Crippen LogP contribution in [0.1, 0.15) is 74.5 Å². The van der Waals surface area contributed by atoms with Gasteiger partial charge in [-0.3, -0.25) is 4.68 Å². The molecule has 0 amide bonds. The number of ether oxygens (including phenoxy) is 1. The number of fused-ring (bicyclic) bond motifs is 3. The number of pyridine rings is 1. The number of aromatic nitrogens is 4. The van der Waals surface area contributed by atoms with Crippen molar-refractivity contribution in [1.82, 2.24) is 19.3 Å². The molecule has 0 spiro atoms. The SMILES string of the molecule is CCCCCCc1ccc2c(c1)c1ccc(Oc3[c-]c(-n4nc(C)c(-c5ccccc5)c4C)cc(CC(C)C)c3)[c-]c1n2-c1cc(C)ccn1.[Pt+2]. The summed E-state index contributed by atoms with van der Waals surface area (Å²) in [5.41, 5.74) is 11.0. The Labute approximate surface area is 317 Å². The van der Waals surface area contributed by atoms with Gasteiger partial charge < -0.3 is 9.30 Å². The first-order chi connectivity index (χ1) is 24.3. The summed E-state index contributed by atoms with van der Waals surface area (Å²) in [6.45, 7) is 13.0. The van der Waals surface area contributed by atoms with Gasteiger partial charge in [-0.2, -0.15) is 16.7 Å². The second kappa shape index (κ2) is 15.8. The van der Waals surface area contributed by atoms with E-state index in [9.17, 15) is 0 Å². The molecule has 0 saturated heterocycles. The van der Waals surface area contributed by atoms with Crippen LogP contribution in [0.5, 0.6) is 11.5 Å². The summed E-state index contributed by atoms with van der Waals surface area (Å²) in [7, 11) is 0. The van der Waals surface area contributed by atoms with Gasteiger partial charge in [-0.15, -0.1) is 35.7 Å². The fraction of sp³-hybridized carbons (Fsp3) is 0.289. The van der Waals surface area contributed by atoms with E-state index in [-0.39, 0.29) is 21.1 Å². The molecule has 0 unspecified atom stereocenters. The molecule has 3 heterocycles. The van der Waals surface area contributed by atoms with Crippen molar-refractivity contribution >= 4 is 21.8 Å². The molecule has 0 N–H and O–H groups in total. The normalized spacial score (nSPS) is 11.4. The average Bonchev–Trinajstić information content (AvgIpc) is 3.58. The summed E-state index contributed by atoms with van der Waals surface area (Å²) >= 11 is 0. The second-order valence-corrected chi connectivity index (χ2v) is 14.0. The van der Waals surface area contributed by atoms with Gasteiger partial charge >= 0.3 is 21.1 Å². The van der Waals surface area contributed by atoms with Gasteiger partial charge in [-0.1, -0.05) is 88.0 Å². The number of hydrogen-bond donors (Lipinski definition) is 0. The molecule has 3 aromatic heterocycles. The van der Waals surface area contributed by atoms with Gasteiger partial charge in [-0.25, -0.2) is 4.98 Å². The van der Waals surface area contributed by atoms with Gasteiger partial charge in [-0.05, 0) is 91.9 Å². The van der Waals surface area contributed by atoms with Crippen LogP contribution < -0.4 is 4.74 Å². The first-order valence-electron chi connectivity index (χ1n) is 18.1. The number of nitrogens with zero attached hydrogens (tertiary/aromatic N) is 4. The molecule has 7 aromatic rings. The molecule has 0 bridgehead atoms. The van der Waals surface area contributed by atoms with Crippen molar-refractivity contribution in [2.24, 2.45) is 5.92 Å². The minimum atomic E-state index is 0. The van der Waals surface area contributed by atoms with Crippen molar-refractivity contribution in [2.45, 2.75) is 80.1 Å². The Bertz CT molecular complexity index is 2280. The molecule has 0 atom stereocenters. The third kappa shape index (κ3) is 7.75. The third-order valence-electron chi connectivity index (χ3n) is 9.50. The summed E-state index contributed by atoms with van der Waals surface area (Å²) in [4.78, 5) is 4.80. The fourth-order valence-corrected chi connectivity index (χ4v) is 7.18. The zero-order valence-corrected chi connectivity index (χ0v) is 32.8. The first kappa shape index (κ1) is 36.3. The van der Waals surface area contributed by atoms with Crippen molar-refractivity contribution in [3.05, 3.63) is 131 Å². The van der Waals surface area contributed by atoms with Gasteiger partial charge in [0, 0.05) is 34.5 Å². The molecule has 0 aliphatic heterocycles. The van der Waals surface area contributed by atoms with E-state index in [1.807, 2.05) is 29.1 Å². The third-order valence-corrected chi connectivity index (χ3v) is 9.50. The van der Waals surface area contributed by atoms with Crippen LogP contribution in [0, 0.1) is 38.8 Å². The van der Waals surface area contributed by atoms with Crippen LogP contribution in [-0.2, 0) is 33.9 Å². The van der Waals surface area contributed by atoms with E-state index < -0.39 is 0 Å². The Morgan fingerprint density at radius 3 is 2.37 bits per heavy atom. The molecule has 4 aromatic carbocycles. The Balaban J connectivity index is 0.00000448. The van der Waals surface area contributed by atoms with E-state index in [2.05, 4.69) is 125 Å². The number of benzene rings is 4. The summed E-state index contributed by atoms with van der Waals surface area (Å²) in [6, 6.07) is 37.2. The van der Waals surface area contributed by atoms with Gasteiger partial charge in [0.2, 0.25) is 0 Å². The molecule has 0 fully saturated rings. The maximum Gasteiger partial charge on any atom is 2.00 e. The number of unbranched alkanes of at least 4 members (excludes halogenated alkanes) is 3. The minimum absolute atomic E-state index is 0. The molecular weight excluding hydrogens is 808 g/mol. The van der Waals surface area contributed by atoms with E-state index in [1.165, 1.54) is 42.2 Å². The molecule has 0 aliphatic carbocycles. The molecule has 7 rings (SSSR count). The topological polar surface area (TPSA) is 44.9 Å². The van der Waals surface area contributed by atoms with Gasteiger partial charge in [0.15, 0.2) is 0 Å². The van der Waals surface area contributed by atoms with Gasteiger partial charge in [0.05, 0.1) is 5.69 Å². The van der Waals surface area contributed by atoms with Crippen LogP contribution in [-0.4, -0.2) is 19.3 Å². The second-order valence-electron chi connectivity index (χ2n) is 14.0. The first-order valence-corrected chi connectivity index (χ1v) is 18.1. The maximum atomic E-state index is 6.66. The quantitative estimate of drug-likeness (QED) is 0.0908. The molecule has 6 heteroatoms. The predicted octanol–water partition coefficient (Wildman–Crippen LogP) is 11.7. The number of rotatable bonds is 12. The van der Waals surface area contributed by atoms with Crippen molar-refractivity contribution in [1.29, 1.82) is 0 Å². The molecule has 0 saturated carbocycles. The van der Waals surface area contributed by atoms with E-state index in [4.69, 9.17) is 14.8 Å². The summed E-state index contributed by atoms with van der Waals surface area (Å²) < 4.78 is 10.9. The molecule has 262 valence electrons. The van der Waals surface area contributed by atoms with E-state index in [1.54, 1.807) is 0 Å². The Kier molecular flexibility index (Phi) is 11.3. The standard InChI is InChI=1S/C45H46N4O.Pt/c1-7-8-9-11-14-34-17-20-42-41(27-34)40-19-18-38(29-43(40)48(42)44-24-31(4)21-22-46-44)50-39-26-35(23-30(2)3)25-37(28-39)49-33(6)45(32(5)47-49)36-15-12-10-13-16-36;/h10,12-13,15-22,24-27,30H,7-9,11,14,23H2,1-6H3;/q-2;+2. The van der Waals surface area contributed by atoms with Crippen molar-refractivity contribution < 1.29 is 25.8 Å². The fourth-order valence-electron chi connectivity index (χ4n) is 7.18. The molecule has 51 heavy (non-hydrogen) atoms. The van der Waals surface area contributed by atoms with Crippen molar-refractivity contribution in [2.75, 3.05) is 0 Å². The molecule has 0 radical (unpaired) electrons. The predicted molar refractivity (Wildman–Crippen MR) is 206 cm³/mol. The summed E-state index contributed by atoms with van der Waals surface area (Å²) in [5, 5.41) is 7.34. The zero-order valence-electron chi connectivity index (χ0n) is 30.5. The minimum Gasteiger partial charge on any atom is -0.509 e. The number of aryl methyl sites for hydroxylation is 3. The molecule has 5 nitrogen and oxygen atoms in total. The van der Waals surface area contributed by atoms with Gasteiger partial charge in [0.25, 0.3) is 0 Å². The Hall–Kier alpha value is -4.47. The van der Waals surface area contributed by atoms with Crippen molar-refractivity contribution in [3.63, 3.8) is 0 Å². The van der Waals surface area contributed by atoms with Gasteiger partial charge in [0.1, 0.15) is 5.82 Å². The van der Waals surface area contributed by atoms with Crippen LogP contribution in [0.25, 0.3) is 44.4 Å². The smallest absolute Gasteiger partial charge is 0.509 e. The maximum absolute atomic E-state index is 6.66. The number of hydrogen-bond acceptors (Lipinski definition) is 3. The zero-order chi connectivity index (χ0) is 34.8. The average molecular weight is 854 g/mol. The van der Waals surface area contributed by atoms with E-state index >= 15 is 0 Å². The van der Waals surface area contributed by atoms with Crippen molar-refractivity contribution in [3.8, 4) is 34.1 Å². The van der Waals surface area contributed by atoms with Crippen LogP contribution in [0.2, 0.25) is 0 Å².